The standard InChI is InChI=1S/C73H93N2O11P/c1-2-3-4-5-6-7-8-9-10-11-12-13-14-15-34-47-68(76)79-56-66(75-49-48-74-59-75)57-85-87(77,84-55-65-45-32-21-33-46-65)86-73-70(81-52-62-39-26-18-27-40-62)67(58-78-50-60-35-22-16-23-36-60)69(80-51-61-37-24-17-25-38-61)71(82-53-63-41-28-19-29-42-63)72(73)83-54-64-43-30-20-31-44-64/h16-33,35-46,48-49,59,66-67,69-73H,2-15,34,47,50-58H2,1H3/t66-,67-,69-,70-,71+,72-,73-,87?/m1/s1. The van der Waals surface area contributed by atoms with Crippen LogP contribution in [0, 0.1) is 5.92 Å². The van der Waals surface area contributed by atoms with Gasteiger partial charge in [0, 0.05) is 24.7 Å². The highest BCUT2D eigenvalue weighted by Crippen LogP contribution is 2.55. The highest BCUT2D eigenvalue weighted by atomic mass is 31.2. The van der Waals surface area contributed by atoms with E-state index in [0.717, 1.165) is 52.6 Å². The van der Waals surface area contributed by atoms with Gasteiger partial charge in [0.15, 0.2) is 0 Å². The molecular weight excluding hydrogens is 1110 g/mol. The molecule has 8 atom stereocenters. The van der Waals surface area contributed by atoms with Gasteiger partial charge >= 0.3 is 13.8 Å². The normalized spacial score (nSPS) is 18.7. The number of carbonyl (C=O) groups excluding carboxylic acids is 1. The van der Waals surface area contributed by atoms with Crippen molar-refractivity contribution >= 4 is 13.8 Å². The van der Waals surface area contributed by atoms with Crippen molar-refractivity contribution in [1.82, 2.24) is 9.55 Å². The van der Waals surface area contributed by atoms with Gasteiger partial charge in [0.1, 0.15) is 24.9 Å². The van der Waals surface area contributed by atoms with Gasteiger partial charge < -0.3 is 33.0 Å². The van der Waals surface area contributed by atoms with E-state index in [4.69, 9.17) is 42.0 Å². The minimum absolute atomic E-state index is 0.0711. The average Bonchev–Trinajstić information content (AvgIpc) is 1.31. The Hall–Kier alpha value is -6.09. The van der Waals surface area contributed by atoms with Crippen molar-refractivity contribution in [3.8, 4) is 0 Å². The van der Waals surface area contributed by atoms with Crippen molar-refractivity contribution in [1.29, 1.82) is 0 Å². The molecule has 1 aromatic heterocycles. The number of aromatic nitrogens is 2. The molecule has 0 bridgehead atoms. The van der Waals surface area contributed by atoms with Crippen LogP contribution in [0.4, 0.5) is 0 Å². The zero-order valence-corrected chi connectivity index (χ0v) is 52.0. The Balaban J connectivity index is 1.06. The Morgan fingerprint density at radius 3 is 1.25 bits per heavy atom. The van der Waals surface area contributed by atoms with E-state index < -0.39 is 50.3 Å². The summed E-state index contributed by atoms with van der Waals surface area (Å²) >= 11 is 0. The van der Waals surface area contributed by atoms with Crippen LogP contribution in [-0.2, 0) is 91.0 Å². The number of unbranched alkanes of at least 4 members (excludes halogenated alkanes) is 14. The summed E-state index contributed by atoms with van der Waals surface area (Å²) in [5, 5.41) is 0. The third kappa shape index (κ3) is 24.1. The highest BCUT2D eigenvalue weighted by molar-refractivity contribution is 7.48. The Morgan fingerprint density at radius 1 is 0.448 bits per heavy atom. The number of rotatable bonds is 43. The van der Waals surface area contributed by atoms with E-state index in [1.165, 1.54) is 77.0 Å². The van der Waals surface area contributed by atoms with Crippen LogP contribution in [0.1, 0.15) is 149 Å². The summed E-state index contributed by atoms with van der Waals surface area (Å²) in [6.07, 6.45) is 19.1. The molecule has 87 heavy (non-hydrogen) atoms. The average molecular weight is 1210 g/mol. The number of carbonyl (C=O) groups is 1. The molecule has 1 saturated carbocycles. The molecule has 8 rings (SSSR count). The fraction of sp³-hybridized carbons (Fsp3) is 0.452. The number of benzene rings is 6. The van der Waals surface area contributed by atoms with E-state index in [9.17, 15) is 4.79 Å². The van der Waals surface area contributed by atoms with Gasteiger partial charge in [0.2, 0.25) is 0 Å². The molecule has 1 unspecified atom stereocenters. The quantitative estimate of drug-likeness (QED) is 0.0205. The van der Waals surface area contributed by atoms with Crippen LogP contribution in [0.2, 0.25) is 0 Å². The number of ether oxygens (including phenoxy) is 6. The van der Waals surface area contributed by atoms with Crippen LogP contribution in [0.15, 0.2) is 201 Å². The Kier molecular flexibility index (Phi) is 30.0. The Labute approximate surface area is 518 Å². The van der Waals surface area contributed by atoms with E-state index in [1.807, 2.05) is 182 Å². The Morgan fingerprint density at radius 2 is 0.828 bits per heavy atom. The molecule has 1 heterocycles. The summed E-state index contributed by atoms with van der Waals surface area (Å²) in [5.74, 6) is -0.937. The lowest BCUT2D eigenvalue weighted by atomic mass is 9.78. The number of hydrogen-bond donors (Lipinski definition) is 0. The molecule has 0 aliphatic heterocycles. The Bertz CT molecular complexity index is 2910. The maximum absolute atomic E-state index is 16.2. The number of esters is 1. The molecule has 0 N–H and O–H groups in total. The fourth-order valence-corrected chi connectivity index (χ4v) is 12.5. The van der Waals surface area contributed by atoms with Crippen LogP contribution in [-0.4, -0.2) is 65.9 Å². The number of nitrogens with zero attached hydrogens (tertiary/aromatic N) is 2. The van der Waals surface area contributed by atoms with Gasteiger partial charge in [-0.2, -0.15) is 0 Å². The maximum atomic E-state index is 16.2. The number of hydrogen-bond acceptors (Lipinski definition) is 12. The molecule has 1 aliphatic carbocycles. The van der Waals surface area contributed by atoms with Crippen LogP contribution >= 0.6 is 7.82 Å². The molecule has 14 heteroatoms. The SMILES string of the molecule is CCCCCCCCCCCCCCCCCC(=O)OC[C@H](COP(=O)(OCc1ccccc1)O[C@H]1[C@H](OCc2ccccc2)[C@@H](OCc2ccccc2)[C@H](OCc2ccccc2)[C@@H](COCc2ccccc2)[C@H]1OCc1ccccc1)n1ccnc1. The first-order valence-corrected chi connectivity index (χ1v) is 33.4. The minimum Gasteiger partial charge on any atom is -0.463 e. The van der Waals surface area contributed by atoms with Crippen LogP contribution in [0.25, 0.3) is 0 Å². The second-order valence-electron chi connectivity index (χ2n) is 22.8. The molecule has 1 aliphatic rings. The van der Waals surface area contributed by atoms with Gasteiger partial charge in [0.25, 0.3) is 0 Å². The van der Waals surface area contributed by atoms with Crippen molar-refractivity contribution in [3.63, 3.8) is 0 Å². The molecule has 0 radical (unpaired) electrons. The van der Waals surface area contributed by atoms with Gasteiger partial charge in [-0.05, 0) is 39.8 Å². The molecule has 7 aromatic rings. The highest BCUT2D eigenvalue weighted by Gasteiger charge is 2.57. The summed E-state index contributed by atoms with van der Waals surface area (Å²) < 4.78 is 79.7. The molecule has 1 fully saturated rings. The van der Waals surface area contributed by atoms with E-state index in [0.29, 0.717) is 13.0 Å². The minimum atomic E-state index is -4.73. The first-order chi connectivity index (χ1) is 42.9. The predicted molar refractivity (Wildman–Crippen MR) is 341 cm³/mol. The smallest absolute Gasteiger partial charge is 0.463 e. The summed E-state index contributed by atoms with van der Waals surface area (Å²) in [6, 6.07) is 58.5. The van der Waals surface area contributed by atoms with E-state index in [-0.39, 0.29) is 58.8 Å². The third-order valence-corrected chi connectivity index (χ3v) is 17.4. The predicted octanol–water partition coefficient (Wildman–Crippen LogP) is 17.1. The molecule has 0 saturated heterocycles. The molecule has 0 spiro atoms. The molecular formula is C73H93N2O11P. The van der Waals surface area contributed by atoms with Gasteiger partial charge in [0.05, 0.1) is 77.4 Å². The van der Waals surface area contributed by atoms with Crippen molar-refractivity contribution in [2.45, 2.75) is 186 Å². The molecule has 6 aromatic carbocycles. The zero-order chi connectivity index (χ0) is 60.2. The number of imidazole rings is 1. The second-order valence-corrected chi connectivity index (χ2v) is 24.4. The van der Waals surface area contributed by atoms with Crippen molar-refractivity contribution in [3.05, 3.63) is 234 Å². The van der Waals surface area contributed by atoms with Crippen molar-refractivity contribution in [2.75, 3.05) is 19.8 Å². The van der Waals surface area contributed by atoms with Gasteiger partial charge in [-0.1, -0.05) is 279 Å². The van der Waals surface area contributed by atoms with Crippen molar-refractivity contribution < 1.29 is 51.4 Å². The number of phosphoric acid groups is 1. The van der Waals surface area contributed by atoms with Gasteiger partial charge in [-0.15, -0.1) is 0 Å². The molecule has 0 amide bonds. The zero-order valence-electron chi connectivity index (χ0n) is 51.1. The van der Waals surface area contributed by atoms with Gasteiger partial charge in [-0.3, -0.25) is 18.4 Å². The lowest BCUT2D eigenvalue weighted by Gasteiger charge is -2.50. The lowest BCUT2D eigenvalue weighted by molar-refractivity contribution is -0.263. The summed E-state index contributed by atoms with van der Waals surface area (Å²) in [7, 11) is -4.73. The first-order valence-electron chi connectivity index (χ1n) is 31.9. The summed E-state index contributed by atoms with van der Waals surface area (Å²) in [6.45, 7) is 2.94. The number of phosphoric ester groups is 1. The van der Waals surface area contributed by atoms with Crippen LogP contribution in [0.3, 0.4) is 0 Å². The second kappa shape index (κ2) is 39.0. The van der Waals surface area contributed by atoms with E-state index in [2.05, 4.69) is 11.9 Å². The van der Waals surface area contributed by atoms with Crippen LogP contribution < -0.4 is 0 Å². The topological polar surface area (TPSA) is 135 Å². The first kappa shape index (κ1) is 66.9. The molecule has 13 nitrogen and oxygen atoms in total. The molecule has 466 valence electrons. The van der Waals surface area contributed by atoms with Gasteiger partial charge in [-0.25, -0.2) is 9.55 Å². The fourth-order valence-electron chi connectivity index (χ4n) is 11.1. The lowest BCUT2D eigenvalue weighted by Crippen LogP contribution is -2.65. The summed E-state index contributed by atoms with van der Waals surface area (Å²) in [4.78, 5) is 17.8. The van der Waals surface area contributed by atoms with Crippen molar-refractivity contribution in [2.24, 2.45) is 5.92 Å². The van der Waals surface area contributed by atoms with Crippen LogP contribution in [0.5, 0.6) is 0 Å². The maximum Gasteiger partial charge on any atom is 0.475 e. The third-order valence-electron chi connectivity index (χ3n) is 16.0. The monoisotopic (exact) mass is 1200 g/mol. The largest absolute Gasteiger partial charge is 0.475 e. The summed E-state index contributed by atoms with van der Waals surface area (Å²) in [5.41, 5.74) is 5.42. The van der Waals surface area contributed by atoms with E-state index in [1.54, 1.807) is 23.3 Å². The van der Waals surface area contributed by atoms with E-state index >= 15 is 4.57 Å².